The van der Waals surface area contributed by atoms with Gasteiger partial charge in [0.1, 0.15) is 17.9 Å². The highest BCUT2D eigenvalue weighted by molar-refractivity contribution is 5.88. The van der Waals surface area contributed by atoms with E-state index in [-0.39, 0.29) is 6.10 Å². The molecule has 1 fully saturated rings. The molecule has 2 N–H and O–H groups in total. The van der Waals surface area contributed by atoms with Gasteiger partial charge in [-0.3, -0.25) is 4.79 Å². The third-order valence-electron chi connectivity index (χ3n) is 3.60. The molecule has 3 rings (SSSR count). The van der Waals surface area contributed by atoms with Gasteiger partial charge in [-0.1, -0.05) is 6.07 Å². The summed E-state index contributed by atoms with van der Waals surface area (Å²) in [5.41, 5.74) is 0. The van der Waals surface area contributed by atoms with Gasteiger partial charge in [-0.15, -0.1) is 0 Å². The number of ether oxygens (including phenoxy) is 2. The number of carboxylic acid groups (broad SMARTS) is 1. The Bertz CT molecular complexity index is 674. The van der Waals surface area contributed by atoms with E-state index in [1.54, 1.807) is 13.3 Å². The molecule has 0 aliphatic carbocycles. The van der Waals surface area contributed by atoms with E-state index in [9.17, 15) is 4.79 Å². The van der Waals surface area contributed by atoms with Crippen LogP contribution in [0.15, 0.2) is 30.5 Å². The van der Waals surface area contributed by atoms with Crippen LogP contribution in [0.2, 0.25) is 0 Å². The number of nitrogens with one attached hydrogen (secondary N) is 1. The zero-order valence-electron chi connectivity index (χ0n) is 11.6. The molecule has 2 atom stereocenters. The van der Waals surface area contributed by atoms with Crippen LogP contribution in [0.5, 0.6) is 11.6 Å². The second-order valence-corrected chi connectivity index (χ2v) is 4.98. The largest absolute Gasteiger partial charge is 0.497 e. The van der Waals surface area contributed by atoms with Crippen LogP contribution < -0.4 is 14.8 Å². The van der Waals surface area contributed by atoms with Crippen molar-refractivity contribution in [3.63, 3.8) is 0 Å². The lowest BCUT2D eigenvalue weighted by molar-refractivity contribution is -0.139. The van der Waals surface area contributed by atoms with Gasteiger partial charge in [0.2, 0.25) is 5.88 Å². The van der Waals surface area contributed by atoms with E-state index >= 15 is 0 Å². The zero-order chi connectivity index (χ0) is 14.8. The van der Waals surface area contributed by atoms with Crippen molar-refractivity contribution in [2.75, 3.05) is 13.7 Å². The molecule has 6 nitrogen and oxygen atoms in total. The number of rotatable bonds is 4. The molecule has 1 aliphatic heterocycles. The van der Waals surface area contributed by atoms with Crippen molar-refractivity contribution in [2.24, 2.45) is 0 Å². The van der Waals surface area contributed by atoms with Crippen LogP contribution in [-0.4, -0.2) is 41.9 Å². The summed E-state index contributed by atoms with van der Waals surface area (Å²) in [6.45, 7) is 0.499. The number of benzene rings is 1. The summed E-state index contributed by atoms with van der Waals surface area (Å²) >= 11 is 0. The van der Waals surface area contributed by atoms with E-state index in [1.165, 1.54) is 0 Å². The molecule has 0 amide bonds. The number of hydrogen-bond acceptors (Lipinski definition) is 5. The number of nitrogens with zero attached hydrogens (tertiary/aromatic N) is 1. The van der Waals surface area contributed by atoms with Crippen molar-refractivity contribution in [1.82, 2.24) is 10.3 Å². The molecule has 1 aromatic heterocycles. The highest BCUT2D eigenvalue weighted by Gasteiger charge is 2.30. The van der Waals surface area contributed by atoms with Gasteiger partial charge in [-0.05, 0) is 23.6 Å². The molecular weight excluding hydrogens is 272 g/mol. The first-order valence-corrected chi connectivity index (χ1v) is 6.73. The molecule has 0 radical (unpaired) electrons. The molecule has 1 aliphatic rings. The van der Waals surface area contributed by atoms with Crippen molar-refractivity contribution in [1.29, 1.82) is 0 Å². The first-order valence-electron chi connectivity index (χ1n) is 6.73. The number of hydrogen-bond donors (Lipinski definition) is 2. The molecule has 6 heteroatoms. The van der Waals surface area contributed by atoms with E-state index in [1.807, 2.05) is 24.3 Å². The maximum Gasteiger partial charge on any atom is 0.320 e. The van der Waals surface area contributed by atoms with Gasteiger partial charge < -0.3 is 19.9 Å². The molecule has 21 heavy (non-hydrogen) atoms. The molecule has 0 saturated carbocycles. The highest BCUT2D eigenvalue weighted by atomic mass is 16.5. The third-order valence-corrected chi connectivity index (χ3v) is 3.60. The van der Waals surface area contributed by atoms with Gasteiger partial charge in [0, 0.05) is 24.5 Å². The van der Waals surface area contributed by atoms with Crippen molar-refractivity contribution in [3.05, 3.63) is 30.5 Å². The van der Waals surface area contributed by atoms with Crippen LogP contribution >= 0.6 is 0 Å². The van der Waals surface area contributed by atoms with Gasteiger partial charge in [0.15, 0.2) is 0 Å². The normalized spacial score (nSPS) is 21.4. The van der Waals surface area contributed by atoms with Gasteiger partial charge in [-0.25, -0.2) is 4.98 Å². The Morgan fingerprint density at radius 3 is 3.00 bits per heavy atom. The Kier molecular flexibility index (Phi) is 3.62. The second-order valence-electron chi connectivity index (χ2n) is 4.98. The minimum atomic E-state index is -0.853. The van der Waals surface area contributed by atoms with Crippen molar-refractivity contribution < 1.29 is 19.4 Å². The first kappa shape index (κ1) is 13.6. The summed E-state index contributed by atoms with van der Waals surface area (Å²) in [5.74, 6) is 0.381. The maximum absolute atomic E-state index is 10.9. The summed E-state index contributed by atoms with van der Waals surface area (Å²) in [4.78, 5) is 15.2. The van der Waals surface area contributed by atoms with Crippen LogP contribution in [0, 0.1) is 0 Å². The average molecular weight is 288 g/mol. The number of methoxy groups -OCH3 is 1. The number of carbonyl (C=O) groups is 1. The number of aromatic nitrogens is 1. The van der Waals surface area contributed by atoms with Crippen LogP contribution in [0.25, 0.3) is 10.8 Å². The standard InChI is InChI=1S/C15H16N2O4/c1-20-10-3-2-9-4-5-16-14(12(9)6-10)21-11-7-13(15(18)19)17-8-11/h2-6,11,13,17H,7-8H2,1H3,(H,18,19)/t11?,13-/m0/s1. The zero-order valence-corrected chi connectivity index (χ0v) is 11.6. The number of fused-ring (bicyclic) bond motifs is 1. The van der Waals surface area contributed by atoms with Gasteiger partial charge >= 0.3 is 5.97 Å². The minimum Gasteiger partial charge on any atom is -0.497 e. The molecule has 1 saturated heterocycles. The lowest BCUT2D eigenvalue weighted by atomic mass is 10.1. The molecule has 1 unspecified atom stereocenters. The quantitative estimate of drug-likeness (QED) is 0.886. The molecule has 2 aromatic rings. The molecule has 0 bridgehead atoms. The molecule has 0 spiro atoms. The molecule has 2 heterocycles. The fraction of sp³-hybridized carbons (Fsp3) is 0.333. The fourth-order valence-electron chi connectivity index (χ4n) is 2.48. The number of aliphatic carboxylic acids is 1. The highest BCUT2D eigenvalue weighted by Crippen LogP contribution is 2.28. The maximum atomic E-state index is 10.9. The Morgan fingerprint density at radius 1 is 1.43 bits per heavy atom. The van der Waals surface area contributed by atoms with Gasteiger partial charge in [0.25, 0.3) is 0 Å². The predicted octanol–water partition coefficient (Wildman–Crippen LogP) is 1.44. The van der Waals surface area contributed by atoms with E-state index < -0.39 is 12.0 Å². The van der Waals surface area contributed by atoms with Gasteiger partial charge in [-0.2, -0.15) is 0 Å². The van der Waals surface area contributed by atoms with Crippen molar-refractivity contribution in [3.8, 4) is 11.6 Å². The summed E-state index contributed by atoms with van der Waals surface area (Å²) in [5, 5.41) is 13.8. The smallest absolute Gasteiger partial charge is 0.320 e. The summed E-state index contributed by atoms with van der Waals surface area (Å²) in [7, 11) is 1.61. The summed E-state index contributed by atoms with van der Waals surface area (Å²) < 4.78 is 11.1. The van der Waals surface area contributed by atoms with Crippen LogP contribution in [0.3, 0.4) is 0 Å². The topological polar surface area (TPSA) is 80.7 Å². The third kappa shape index (κ3) is 2.75. The molecule has 1 aromatic carbocycles. The van der Waals surface area contributed by atoms with Crippen molar-refractivity contribution in [2.45, 2.75) is 18.6 Å². The van der Waals surface area contributed by atoms with Gasteiger partial charge in [0.05, 0.1) is 7.11 Å². The monoisotopic (exact) mass is 288 g/mol. The fourth-order valence-corrected chi connectivity index (χ4v) is 2.48. The Labute approximate surface area is 121 Å². The number of pyridine rings is 1. The van der Waals surface area contributed by atoms with Crippen LogP contribution in [0.4, 0.5) is 0 Å². The summed E-state index contributed by atoms with van der Waals surface area (Å²) in [6.07, 6.45) is 1.91. The Balaban J connectivity index is 1.85. The molecule has 110 valence electrons. The van der Waals surface area contributed by atoms with E-state index in [0.29, 0.717) is 18.8 Å². The minimum absolute atomic E-state index is 0.199. The first-order chi connectivity index (χ1) is 10.2. The van der Waals surface area contributed by atoms with Crippen LogP contribution in [-0.2, 0) is 4.79 Å². The van der Waals surface area contributed by atoms with Crippen LogP contribution in [0.1, 0.15) is 6.42 Å². The van der Waals surface area contributed by atoms with E-state index in [2.05, 4.69) is 10.3 Å². The van der Waals surface area contributed by atoms with Crippen molar-refractivity contribution >= 4 is 16.7 Å². The summed E-state index contributed by atoms with van der Waals surface area (Å²) in [6, 6.07) is 7.03. The SMILES string of the molecule is COc1ccc2ccnc(OC3CN[C@H](C(=O)O)C3)c2c1. The second kappa shape index (κ2) is 5.57. The Hall–Kier alpha value is -2.34. The number of carboxylic acids is 1. The Morgan fingerprint density at radius 2 is 2.29 bits per heavy atom. The predicted molar refractivity (Wildman–Crippen MR) is 76.8 cm³/mol. The average Bonchev–Trinajstić information content (AvgIpc) is 2.96. The molecular formula is C15H16N2O4. The lowest BCUT2D eigenvalue weighted by Gasteiger charge is -2.14. The van der Waals surface area contributed by atoms with E-state index in [0.717, 1.165) is 16.5 Å². The van der Waals surface area contributed by atoms with E-state index in [4.69, 9.17) is 14.6 Å². The lowest BCUT2D eigenvalue weighted by Crippen LogP contribution is -2.30.